The van der Waals surface area contributed by atoms with E-state index in [1.54, 1.807) is 6.07 Å². The number of anilines is 1. The maximum atomic E-state index is 14.1. The van der Waals surface area contributed by atoms with E-state index in [0.29, 0.717) is 13.1 Å². The molecule has 1 aliphatic heterocycles. The van der Waals surface area contributed by atoms with Crippen molar-refractivity contribution >= 4 is 22.9 Å². The molecule has 6 heteroatoms. The number of thiocarbonyl (C=S) groups is 1. The maximum Gasteiger partial charge on any atom is 0.182 e. The predicted octanol–water partition coefficient (Wildman–Crippen LogP) is 1.74. The highest BCUT2D eigenvalue weighted by molar-refractivity contribution is 7.80. The summed E-state index contributed by atoms with van der Waals surface area (Å²) in [6.45, 7) is 3.19. The largest absolute Gasteiger partial charge is 0.389 e. The van der Waals surface area contributed by atoms with Crippen molar-refractivity contribution in [2.45, 2.75) is 6.42 Å². The second-order valence-electron chi connectivity index (χ2n) is 4.77. The molecule has 1 heterocycles. The van der Waals surface area contributed by atoms with Crippen LogP contribution in [0.1, 0.15) is 12.0 Å². The van der Waals surface area contributed by atoms with E-state index in [2.05, 4.69) is 4.90 Å². The summed E-state index contributed by atoms with van der Waals surface area (Å²) in [5, 5.41) is 0. The zero-order valence-corrected chi connectivity index (χ0v) is 11.6. The topological polar surface area (TPSA) is 32.5 Å². The summed E-state index contributed by atoms with van der Waals surface area (Å²) >= 11 is 4.70. The molecule has 1 fully saturated rings. The van der Waals surface area contributed by atoms with E-state index < -0.39 is 11.6 Å². The van der Waals surface area contributed by atoms with Gasteiger partial charge in [0.2, 0.25) is 0 Å². The Morgan fingerprint density at radius 3 is 2.58 bits per heavy atom. The Morgan fingerprint density at radius 1 is 1.16 bits per heavy atom. The highest BCUT2D eigenvalue weighted by atomic mass is 32.1. The van der Waals surface area contributed by atoms with Crippen molar-refractivity contribution in [2.75, 3.05) is 38.1 Å². The molecule has 0 spiro atoms. The molecule has 1 aromatic carbocycles. The molecule has 1 aromatic rings. The zero-order chi connectivity index (χ0) is 14.0. The van der Waals surface area contributed by atoms with Gasteiger partial charge in [-0.1, -0.05) is 12.2 Å². The molecule has 104 valence electrons. The number of likely N-dealkylation sites (N-methyl/N-ethyl adjacent to an activating group) is 1. The van der Waals surface area contributed by atoms with Crippen molar-refractivity contribution < 1.29 is 8.78 Å². The monoisotopic (exact) mass is 285 g/mol. The molecule has 0 amide bonds. The van der Waals surface area contributed by atoms with Crippen molar-refractivity contribution in [3.8, 4) is 0 Å². The van der Waals surface area contributed by atoms with Gasteiger partial charge in [0.25, 0.3) is 0 Å². The highest BCUT2D eigenvalue weighted by Crippen LogP contribution is 2.25. The van der Waals surface area contributed by atoms with Crippen LogP contribution in [-0.2, 0) is 0 Å². The second kappa shape index (κ2) is 5.79. The van der Waals surface area contributed by atoms with Crippen LogP contribution in [0.15, 0.2) is 12.1 Å². The molecule has 1 saturated heterocycles. The van der Waals surface area contributed by atoms with Crippen LogP contribution in [-0.4, -0.2) is 43.1 Å². The quantitative estimate of drug-likeness (QED) is 0.839. The summed E-state index contributed by atoms with van der Waals surface area (Å²) in [4.78, 5) is 3.92. The van der Waals surface area contributed by atoms with Crippen molar-refractivity contribution in [2.24, 2.45) is 5.73 Å². The molecule has 0 atom stereocenters. The van der Waals surface area contributed by atoms with Crippen LogP contribution < -0.4 is 10.6 Å². The van der Waals surface area contributed by atoms with Crippen molar-refractivity contribution in [3.63, 3.8) is 0 Å². The summed E-state index contributed by atoms with van der Waals surface area (Å²) < 4.78 is 28.0. The molecule has 0 saturated carbocycles. The molecular formula is C13H17F2N3S. The molecular weight excluding hydrogens is 268 g/mol. The van der Waals surface area contributed by atoms with Gasteiger partial charge in [-0.2, -0.15) is 0 Å². The average molecular weight is 285 g/mol. The smallest absolute Gasteiger partial charge is 0.182 e. The lowest BCUT2D eigenvalue weighted by molar-refractivity contribution is 0.360. The van der Waals surface area contributed by atoms with Gasteiger partial charge in [0.05, 0.1) is 5.69 Å². The Balaban J connectivity index is 2.30. The summed E-state index contributed by atoms with van der Waals surface area (Å²) in [7, 11) is 2.02. The number of halogens is 2. The molecule has 2 N–H and O–H groups in total. The van der Waals surface area contributed by atoms with E-state index in [4.69, 9.17) is 18.0 Å². The van der Waals surface area contributed by atoms with Crippen molar-refractivity contribution in [1.82, 2.24) is 4.90 Å². The number of rotatable bonds is 2. The van der Waals surface area contributed by atoms with Crippen molar-refractivity contribution in [1.29, 1.82) is 0 Å². The lowest BCUT2D eigenvalue weighted by Crippen LogP contribution is -2.30. The highest BCUT2D eigenvalue weighted by Gasteiger charge is 2.20. The van der Waals surface area contributed by atoms with Crippen LogP contribution in [0.5, 0.6) is 0 Å². The number of hydrogen-bond acceptors (Lipinski definition) is 3. The Bertz CT molecular complexity index is 493. The van der Waals surface area contributed by atoms with E-state index in [0.717, 1.165) is 19.5 Å². The first-order valence-electron chi connectivity index (χ1n) is 6.22. The van der Waals surface area contributed by atoms with Crippen molar-refractivity contribution in [3.05, 3.63) is 29.3 Å². The fourth-order valence-electron chi connectivity index (χ4n) is 2.26. The molecule has 0 unspecified atom stereocenters. The van der Waals surface area contributed by atoms with Gasteiger partial charge in [0.1, 0.15) is 4.99 Å². The summed E-state index contributed by atoms with van der Waals surface area (Å²) in [5.74, 6) is -1.82. The van der Waals surface area contributed by atoms with Gasteiger partial charge in [-0.25, -0.2) is 8.78 Å². The fourth-order valence-corrected chi connectivity index (χ4v) is 2.42. The van der Waals surface area contributed by atoms with Crippen LogP contribution in [0.3, 0.4) is 0 Å². The minimum atomic E-state index is -0.956. The number of benzene rings is 1. The standard InChI is InChI=1S/C13H17F2N3S/c1-17-5-2-6-18(8-7-17)10-4-3-9(13(16)19)11(14)12(10)15/h3-4H,2,5-8H2,1H3,(H2,16,19). The van der Waals surface area contributed by atoms with E-state index in [-0.39, 0.29) is 16.2 Å². The first-order chi connectivity index (χ1) is 9.00. The summed E-state index contributed by atoms with van der Waals surface area (Å²) in [6, 6.07) is 3.00. The SMILES string of the molecule is CN1CCCN(c2ccc(C(N)=S)c(F)c2F)CC1. The lowest BCUT2D eigenvalue weighted by Gasteiger charge is -2.23. The minimum Gasteiger partial charge on any atom is -0.389 e. The van der Waals surface area contributed by atoms with Crippen LogP contribution in [0.2, 0.25) is 0 Å². The van der Waals surface area contributed by atoms with Gasteiger partial charge in [0.15, 0.2) is 11.6 Å². The van der Waals surface area contributed by atoms with Gasteiger partial charge in [-0.15, -0.1) is 0 Å². The molecule has 0 radical (unpaired) electrons. The van der Waals surface area contributed by atoms with E-state index in [9.17, 15) is 8.78 Å². The number of nitrogens with two attached hydrogens (primary N) is 1. The Kier molecular flexibility index (Phi) is 4.31. The number of nitrogens with zero attached hydrogens (tertiary/aromatic N) is 2. The third kappa shape index (κ3) is 3.01. The molecule has 1 aliphatic rings. The van der Waals surface area contributed by atoms with Crippen LogP contribution in [0, 0.1) is 11.6 Å². The zero-order valence-electron chi connectivity index (χ0n) is 10.8. The van der Waals surface area contributed by atoms with E-state index >= 15 is 0 Å². The van der Waals surface area contributed by atoms with Crippen LogP contribution in [0.4, 0.5) is 14.5 Å². The number of hydrogen-bond donors (Lipinski definition) is 1. The first kappa shape index (κ1) is 14.1. The molecule has 2 rings (SSSR count). The Morgan fingerprint density at radius 2 is 1.89 bits per heavy atom. The summed E-state index contributed by atoms with van der Waals surface area (Å²) in [6.07, 6.45) is 0.925. The van der Waals surface area contributed by atoms with E-state index in [1.165, 1.54) is 6.07 Å². The van der Waals surface area contributed by atoms with Gasteiger partial charge in [-0.3, -0.25) is 0 Å². The van der Waals surface area contributed by atoms with E-state index in [1.807, 2.05) is 11.9 Å². The minimum absolute atomic E-state index is 0.0387. The third-order valence-electron chi connectivity index (χ3n) is 3.39. The van der Waals surface area contributed by atoms with Gasteiger partial charge < -0.3 is 15.5 Å². The Labute approximate surface area is 117 Å². The Hall–Kier alpha value is -1.27. The van der Waals surface area contributed by atoms with Gasteiger partial charge >= 0.3 is 0 Å². The van der Waals surface area contributed by atoms with Gasteiger partial charge in [-0.05, 0) is 32.1 Å². The second-order valence-corrected chi connectivity index (χ2v) is 5.21. The fraction of sp³-hybridized carbons (Fsp3) is 0.462. The molecule has 0 aliphatic carbocycles. The predicted molar refractivity (Wildman–Crippen MR) is 76.6 cm³/mol. The first-order valence-corrected chi connectivity index (χ1v) is 6.63. The molecule has 0 bridgehead atoms. The van der Waals surface area contributed by atoms with Crippen LogP contribution in [0.25, 0.3) is 0 Å². The normalized spacial score (nSPS) is 17.3. The molecule has 19 heavy (non-hydrogen) atoms. The third-order valence-corrected chi connectivity index (χ3v) is 3.61. The lowest BCUT2D eigenvalue weighted by atomic mass is 10.1. The summed E-state index contributed by atoms with van der Waals surface area (Å²) in [5.41, 5.74) is 5.61. The molecule has 0 aromatic heterocycles. The van der Waals surface area contributed by atoms with Crippen LogP contribution >= 0.6 is 12.2 Å². The van der Waals surface area contributed by atoms with Gasteiger partial charge in [0, 0.05) is 25.2 Å². The average Bonchev–Trinajstić information content (AvgIpc) is 2.57. The maximum absolute atomic E-state index is 14.1. The molecule has 3 nitrogen and oxygen atoms in total.